The van der Waals surface area contributed by atoms with Crippen LogP contribution in [0.4, 0.5) is 4.79 Å². The van der Waals surface area contributed by atoms with E-state index >= 15 is 0 Å². The van der Waals surface area contributed by atoms with Crippen LogP contribution in [0.25, 0.3) is 0 Å². The first-order chi connectivity index (χ1) is 11.1. The quantitative estimate of drug-likeness (QED) is 0.853. The van der Waals surface area contributed by atoms with E-state index in [0.717, 1.165) is 44.6 Å². The van der Waals surface area contributed by atoms with E-state index in [1.165, 1.54) is 0 Å². The number of aromatic nitrogens is 2. The first kappa shape index (κ1) is 17.7. The van der Waals surface area contributed by atoms with Gasteiger partial charge in [-0.3, -0.25) is 0 Å². The Balaban J connectivity index is 1.81. The van der Waals surface area contributed by atoms with Crippen molar-refractivity contribution in [2.24, 2.45) is 0 Å². The minimum absolute atomic E-state index is 0.0175. The summed E-state index contributed by atoms with van der Waals surface area (Å²) in [6.45, 7) is 3.53. The Morgan fingerprint density at radius 2 is 2.26 bits per heavy atom. The van der Waals surface area contributed by atoms with Crippen LogP contribution >= 0.6 is 0 Å². The van der Waals surface area contributed by atoms with Gasteiger partial charge in [0, 0.05) is 39.0 Å². The second kappa shape index (κ2) is 8.88. The average molecular weight is 323 g/mol. The van der Waals surface area contributed by atoms with Gasteiger partial charge in [-0.05, 0) is 33.4 Å². The van der Waals surface area contributed by atoms with E-state index < -0.39 is 0 Å². The molecule has 0 spiro atoms. The summed E-state index contributed by atoms with van der Waals surface area (Å²) in [5.41, 5.74) is 0.997. The highest BCUT2D eigenvalue weighted by molar-refractivity contribution is 5.74. The zero-order valence-corrected chi connectivity index (χ0v) is 14.5. The van der Waals surface area contributed by atoms with Crippen LogP contribution in [-0.2, 0) is 17.8 Å². The van der Waals surface area contributed by atoms with Crippen LogP contribution in [0.15, 0.2) is 12.5 Å². The van der Waals surface area contributed by atoms with Gasteiger partial charge >= 0.3 is 6.03 Å². The minimum Gasteiger partial charge on any atom is -0.383 e. The van der Waals surface area contributed by atoms with Crippen LogP contribution in [0.2, 0.25) is 0 Å². The average Bonchev–Trinajstić information content (AvgIpc) is 2.82. The fourth-order valence-corrected chi connectivity index (χ4v) is 2.96. The number of hydrogen-bond acceptors (Lipinski definition) is 4. The number of imidazole rings is 1. The Kier molecular flexibility index (Phi) is 6.85. The molecule has 1 atom stereocenters. The Morgan fingerprint density at radius 3 is 3.00 bits per heavy atom. The van der Waals surface area contributed by atoms with E-state index in [2.05, 4.69) is 29.3 Å². The summed E-state index contributed by atoms with van der Waals surface area (Å²) in [5, 5.41) is 3.02. The smallest absolute Gasteiger partial charge is 0.317 e. The number of likely N-dealkylation sites (tertiary alicyclic amines) is 1. The summed E-state index contributed by atoms with van der Waals surface area (Å²) in [6.07, 6.45) is 6.81. The first-order valence-electron chi connectivity index (χ1n) is 8.29. The molecule has 1 aliphatic heterocycles. The van der Waals surface area contributed by atoms with Gasteiger partial charge in [0.25, 0.3) is 0 Å². The van der Waals surface area contributed by atoms with Gasteiger partial charge in [-0.15, -0.1) is 0 Å². The zero-order valence-electron chi connectivity index (χ0n) is 14.5. The lowest BCUT2D eigenvalue weighted by atomic mass is 10.1. The van der Waals surface area contributed by atoms with Crippen molar-refractivity contribution in [3.63, 3.8) is 0 Å². The van der Waals surface area contributed by atoms with Gasteiger partial charge in [-0.25, -0.2) is 9.78 Å². The third-order valence-electron chi connectivity index (χ3n) is 4.47. The van der Waals surface area contributed by atoms with Crippen molar-refractivity contribution in [1.82, 2.24) is 24.7 Å². The Bertz CT molecular complexity index is 489. The zero-order chi connectivity index (χ0) is 16.7. The van der Waals surface area contributed by atoms with Gasteiger partial charge < -0.3 is 24.4 Å². The van der Waals surface area contributed by atoms with Crippen LogP contribution in [0.1, 0.15) is 25.0 Å². The van der Waals surface area contributed by atoms with Crippen molar-refractivity contribution >= 4 is 6.03 Å². The lowest BCUT2D eigenvalue weighted by Crippen LogP contribution is -2.41. The molecule has 2 rings (SSSR count). The van der Waals surface area contributed by atoms with Crippen LogP contribution in [0, 0.1) is 0 Å². The van der Waals surface area contributed by atoms with E-state index in [4.69, 9.17) is 4.74 Å². The summed E-state index contributed by atoms with van der Waals surface area (Å²) in [4.78, 5) is 20.7. The van der Waals surface area contributed by atoms with Crippen molar-refractivity contribution in [2.45, 2.75) is 38.4 Å². The standard InChI is InChI=1S/C16H29N5O2/c1-19(2)14-5-4-7-20(8-6-14)16(22)18-12-15-11-17-13-21(15)9-10-23-3/h11,13-14H,4-10,12H2,1-3H3,(H,18,22)/t14-/m1/s1. The van der Waals surface area contributed by atoms with Crippen LogP contribution in [0.3, 0.4) is 0 Å². The first-order valence-corrected chi connectivity index (χ1v) is 8.29. The molecule has 1 fully saturated rings. The molecule has 0 radical (unpaired) electrons. The number of amides is 2. The maximum Gasteiger partial charge on any atom is 0.317 e. The molecule has 1 aromatic heterocycles. The lowest BCUT2D eigenvalue weighted by molar-refractivity contribution is 0.185. The fraction of sp³-hybridized carbons (Fsp3) is 0.750. The second-order valence-corrected chi connectivity index (χ2v) is 6.27. The normalized spacial score (nSPS) is 19.0. The molecular weight excluding hydrogens is 294 g/mol. The summed E-state index contributed by atoms with van der Waals surface area (Å²) in [5.74, 6) is 0. The van der Waals surface area contributed by atoms with Crippen molar-refractivity contribution in [2.75, 3.05) is 40.9 Å². The highest BCUT2D eigenvalue weighted by Gasteiger charge is 2.21. The fourth-order valence-electron chi connectivity index (χ4n) is 2.96. The van der Waals surface area contributed by atoms with Crippen molar-refractivity contribution in [1.29, 1.82) is 0 Å². The molecule has 0 aromatic carbocycles. The maximum absolute atomic E-state index is 12.4. The summed E-state index contributed by atoms with van der Waals surface area (Å²) < 4.78 is 7.09. The predicted molar refractivity (Wildman–Crippen MR) is 89.2 cm³/mol. The monoisotopic (exact) mass is 323 g/mol. The molecule has 2 heterocycles. The second-order valence-electron chi connectivity index (χ2n) is 6.27. The molecule has 1 aromatic rings. The topological polar surface area (TPSA) is 62.6 Å². The van der Waals surface area contributed by atoms with E-state index in [-0.39, 0.29) is 6.03 Å². The number of ether oxygens (including phenoxy) is 1. The number of carbonyl (C=O) groups is 1. The third kappa shape index (κ3) is 5.21. The number of nitrogens with zero attached hydrogens (tertiary/aromatic N) is 4. The lowest BCUT2D eigenvalue weighted by Gasteiger charge is -2.23. The van der Waals surface area contributed by atoms with Crippen LogP contribution in [0.5, 0.6) is 0 Å². The Labute approximate surface area is 138 Å². The molecule has 0 aliphatic carbocycles. The van der Waals surface area contributed by atoms with Gasteiger partial charge in [-0.2, -0.15) is 0 Å². The highest BCUT2D eigenvalue weighted by Crippen LogP contribution is 2.14. The number of carbonyl (C=O) groups excluding carboxylic acids is 1. The summed E-state index contributed by atoms with van der Waals surface area (Å²) in [6, 6.07) is 0.590. The molecule has 23 heavy (non-hydrogen) atoms. The molecular formula is C16H29N5O2. The van der Waals surface area contributed by atoms with Gasteiger partial charge in [0.15, 0.2) is 0 Å². The molecule has 130 valence electrons. The van der Waals surface area contributed by atoms with Gasteiger partial charge in [0.2, 0.25) is 0 Å². The Hall–Kier alpha value is -1.60. The molecule has 1 aliphatic rings. The summed E-state index contributed by atoms with van der Waals surface area (Å²) >= 11 is 0. The largest absolute Gasteiger partial charge is 0.383 e. The molecule has 7 nitrogen and oxygen atoms in total. The highest BCUT2D eigenvalue weighted by atomic mass is 16.5. The van der Waals surface area contributed by atoms with Gasteiger partial charge in [0.05, 0.1) is 25.2 Å². The number of nitrogens with one attached hydrogen (secondary N) is 1. The molecule has 2 amide bonds. The number of urea groups is 1. The predicted octanol–water partition coefficient (Wildman–Crippen LogP) is 1.16. The van der Waals surface area contributed by atoms with E-state index in [9.17, 15) is 4.79 Å². The van der Waals surface area contributed by atoms with Gasteiger partial charge in [0.1, 0.15) is 0 Å². The van der Waals surface area contributed by atoms with Gasteiger partial charge in [-0.1, -0.05) is 0 Å². The van der Waals surface area contributed by atoms with Crippen LogP contribution in [-0.4, -0.2) is 72.3 Å². The molecule has 1 N–H and O–H groups in total. The van der Waals surface area contributed by atoms with E-state index in [1.807, 2.05) is 9.47 Å². The SMILES string of the molecule is COCCn1cncc1CNC(=O)N1CCC[C@@H](N(C)C)CC1. The third-order valence-corrected chi connectivity index (χ3v) is 4.47. The van der Waals surface area contributed by atoms with Crippen molar-refractivity contribution in [3.8, 4) is 0 Å². The number of methoxy groups -OCH3 is 1. The molecule has 0 saturated carbocycles. The number of rotatable bonds is 6. The van der Waals surface area contributed by atoms with Crippen LogP contribution < -0.4 is 5.32 Å². The van der Waals surface area contributed by atoms with E-state index in [0.29, 0.717) is 19.2 Å². The minimum atomic E-state index is 0.0175. The van der Waals surface area contributed by atoms with Crippen molar-refractivity contribution < 1.29 is 9.53 Å². The molecule has 0 bridgehead atoms. The Morgan fingerprint density at radius 1 is 1.43 bits per heavy atom. The molecule has 1 saturated heterocycles. The molecule has 0 unspecified atom stereocenters. The van der Waals surface area contributed by atoms with Crippen molar-refractivity contribution in [3.05, 3.63) is 18.2 Å². The maximum atomic E-state index is 12.4. The number of hydrogen-bond donors (Lipinski definition) is 1. The van der Waals surface area contributed by atoms with E-state index in [1.54, 1.807) is 19.6 Å². The summed E-state index contributed by atoms with van der Waals surface area (Å²) in [7, 11) is 5.90. The molecule has 7 heteroatoms.